The van der Waals surface area contributed by atoms with E-state index in [1.165, 1.54) is 0 Å². The highest BCUT2D eigenvalue weighted by Crippen LogP contribution is 2.28. The van der Waals surface area contributed by atoms with Gasteiger partial charge in [-0.15, -0.1) is 0 Å². The van der Waals surface area contributed by atoms with E-state index in [9.17, 15) is 0 Å². The van der Waals surface area contributed by atoms with Gasteiger partial charge in [0.1, 0.15) is 0 Å². The minimum Gasteiger partial charge on any atom is -0.395 e. The van der Waals surface area contributed by atoms with E-state index in [1.54, 1.807) is 4.68 Å². The molecule has 0 spiro atoms. The molecular weight excluding hydrogens is 252 g/mol. The molecule has 0 atom stereocenters. The first-order chi connectivity index (χ1) is 8.51. The fourth-order valence-corrected chi connectivity index (χ4v) is 1.75. The van der Waals surface area contributed by atoms with Crippen LogP contribution in [0.15, 0.2) is 24.3 Å². The Morgan fingerprint density at radius 2 is 1.83 bits per heavy atom. The molecule has 0 radical (unpaired) electrons. The first-order valence-corrected chi connectivity index (χ1v) is 5.59. The molecule has 0 aliphatic carbocycles. The lowest BCUT2D eigenvalue weighted by Gasteiger charge is -2.03. The first kappa shape index (κ1) is 14.1. The summed E-state index contributed by atoms with van der Waals surface area (Å²) < 4.78 is 1.79. The Morgan fingerprint density at radius 1 is 1.33 bits per heavy atom. The maximum Gasteiger partial charge on any atom is 0.204 e. The Kier molecular flexibility index (Phi) is 4.74. The number of nitrogen functional groups attached to an aromatic ring is 1. The highest BCUT2D eigenvalue weighted by atomic mass is 35.5. The number of hydrogen-bond acceptors (Lipinski definition) is 3. The zero-order valence-corrected chi connectivity index (χ0v) is 11.0. The number of aryl methyl sites for hydroxylation is 2. The van der Waals surface area contributed by atoms with Crippen molar-refractivity contribution >= 4 is 23.7 Å². The predicted molar refractivity (Wildman–Crippen MR) is 73.1 cm³/mol. The third-order valence-electron chi connectivity index (χ3n) is 2.39. The van der Waals surface area contributed by atoms with Gasteiger partial charge in [-0.3, -0.25) is 9.48 Å². The van der Waals surface area contributed by atoms with Gasteiger partial charge in [-0.1, -0.05) is 23.7 Å². The van der Waals surface area contributed by atoms with E-state index in [4.69, 9.17) is 22.1 Å². The lowest BCUT2D eigenvalue weighted by atomic mass is 10.1. The average molecular weight is 267 g/mol. The molecule has 4 N–H and O–H groups in total. The highest BCUT2D eigenvalue weighted by molar-refractivity contribution is 6.30. The Hall–Kier alpha value is -2.01. The number of nitrogens with two attached hydrogens (primary N) is 2. The number of primary amides is 1. The van der Waals surface area contributed by atoms with Crippen molar-refractivity contribution in [2.24, 2.45) is 12.8 Å². The second-order valence-corrected chi connectivity index (χ2v) is 4.05. The number of hydrogen-bond donors (Lipinski definition) is 2. The number of anilines is 1. The third-order valence-corrected chi connectivity index (χ3v) is 2.64. The lowest BCUT2D eigenvalue weighted by Crippen LogP contribution is -1.95. The Bertz CT molecular complexity index is 534. The number of amides is 1. The van der Waals surface area contributed by atoms with E-state index in [0.717, 1.165) is 27.7 Å². The van der Waals surface area contributed by atoms with Crippen molar-refractivity contribution in [3.63, 3.8) is 0 Å². The van der Waals surface area contributed by atoms with Gasteiger partial charge in [-0.25, -0.2) is 0 Å². The van der Waals surface area contributed by atoms with Gasteiger partial charge in [0.2, 0.25) is 6.41 Å². The highest BCUT2D eigenvalue weighted by Gasteiger charge is 2.11. The Balaban J connectivity index is 0.000000492. The minimum atomic E-state index is 0.250. The molecule has 18 heavy (non-hydrogen) atoms. The molecule has 1 heterocycles. The second-order valence-electron chi connectivity index (χ2n) is 3.61. The van der Waals surface area contributed by atoms with E-state index in [1.807, 2.05) is 38.2 Å². The molecule has 96 valence electrons. The van der Waals surface area contributed by atoms with Crippen molar-refractivity contribution in [3.05, 3.63) is 35.0 Å². The van der Waals surface area contributed by atoms with Crippen LogP contribution in [-0.2, 0) is 11.8 Å². The van der Waals surface area contributed by atoms with Crippen LogP contribution in [-0.4, -0.2) is 16.2 Å². The fraction of sp³-hybridized carbons (Fsp3) is 0.167. The maximum atomic E-state index is 8.58. The fourth-order valence-electron chi connectivity index (χ4n) is 1.62. The van der Waals surface area contributed by atoms with Crippen molar-refractivity contribution in [3.8, 4) is 11.3 Å². The van der Waals surface area contributed by atoms with E-state index in [-0.39, 0.29) is 6.41 Å². The van der Waals surface area contributed by atoms with Gasteiger partial charge in [0.15, 0.2) is 0 Å². The minimum absolute atomic E-state index is 0.250. The Labute approximate surface area is 110 Å². The smallest absolute Gasteiger partial charge is 0.204 e. The third kappa shape index (κ3) is 3.01. The SMILES string of the molecule is Cc1nn(C)c(-c2ccc(Cl)cc2)c1N.NC=O. The molecule has 5 nitrogen and oxygen atoms in total. The molecule has 1 aromatic heterocycles. The molecule has 6 heteroatoms. The van der Waals surface area contributed by atoms with Gasteiger partial charge < -0.3 is 11.5 Å². The summed E-state index contributed by atoms with van der Waals surface area (Å²) >= 11 is 5.83. The summed E-state index contributed by atoms with van der Waals surface area (Å²) in [5, 5.41) is 4.99. The van der Waals surface area contributed by atoms with Crippen LogP contribution in [0.5, 0.6) is 0 Å². The van der Waals surface area contributed by atoms with Crippen LogP contribution >= 0.6 is 11.6 Å². The van der Waals surface area contributed by atoms with Crippen molar-refractivity contribution in [1.82, 2.24) is 9.78 Å². The summed E-state index contributed by atoms with van der Waals surface area (Å²) in [4.78, 5) is 8.58. The molecule has 2 rings (SSSR count). The number of aromatic nitrogens is 2. The van der Waals surface area contributed by atoms with Crippen molar-refractivity contribution in [1.29, 1.82) is 0 Å². The maximum absolute atomic E-state index is 8.58. The first-order valence-electron chi connectivity index (χ1n) is 5.21. The molecule has 0 bridgehead atoms. The average Bonchev–Trinajstić information content (AvgIpc) is 2.56. The quantitative estimate of drug-likeness (QED) is 0.771. The van der Waals surface area contributed by atoms with Gasteiger partial charge in [0.05, 0.1) is 17.1 Å². The number of rotatable bonds is 1. The second kappa shape index (κ2) is 6.07. The molecule has 0 saturated carbocycles. The van der Waals surface area contributed by atoms with Crippen LogP contribution in [0.4, 0.5) is 5.69 Å². The molecule has 1 amide bonds. The van der Waals surface area contributed by atoms with Crippen LogP contribution < -0.4 is 11.5 Å². The molecule has 0 unspecified atom stereocenters. The van der Waals surface area contributed by atoms with Gasteiger partial charge in [-0.05, 0) is 19.1 Å². The zero-order valence-electron chi connectivity index (χ0n) is 10.2. The van der Waals surface area contributed by atoms with Crippen LogP contribution in [0, 0.1) is 6.92 Å². The predicted octanol–water partition coefficient (Wildman–Crippen LogP) is 1.73. The number of carbonyl (C=O) groups is 1. The van der Waals surface area contributed by atoms with Crippen LogP contribution in [0.2, 0.25) is 5.02 Å². The van der Waals surface area contributed by atoms with E-state index < -0.39 is 0 Å². The standard InChI is InChI=1S/C11H12ClN3.CH3NO/c1-7-10(13)11(15(2)14-7)8-3-5-9(12)6-4-8;2-1-3/h3-6H,13H2,1-2H3;1H,(H2,2,3). The van der Waals surface area contributed by atoms with Gasteiger partial charge in [0.25, 0.3) is 0 Å². The molecule has 0 fully saturated rings. The summed E-state index contributed by atoms with van der Waals surface area (Å²) in [6.07, 6.45) is 0.250. The number of nitrogens with zero attached hydrogens (tertiary/aromatic N) is 2. The molecule has 0 aliphatic rings. The number of halogens is 1. The summed E-state index contributed by atoms with van der Waals surface area (Å²) in [7, 11) is 1.88. The van der Waals surface area contributed by atoms with Gasteiger partial charge in [0, 0.05) is 17.6 Å². The van der Waals surface area contributed by atoms with Gasteiger partial charge in [-0.2, -0.15) is 5.10 Å². The zero-order chi connectivity index (χ0) is 13.7. The topological polar surface area (TPSA) is 86.9 Å². The Morgan fingerprint density at radius 3 is 2.22 bits per heavy atom. The van der Waals surface area contributed by atoms with Crippen molar-refractivity contribution < 1.29 is 4.79 Å². The summed E-state index contributed by atoms with van der Waals surface area (Å²) in [6, 6.07) is 7.57. The monoisotopic (exact) mass is 266 g/mol. The van der Waals surface area contributed by atoms with Crippen molar-refractivity contribution in [2.75, 3.05) is 5.73 Å². The summed E-state index contributed by atoms with van der Waals surface area (Å²) in [5.74, 6) is 0. The van der Waals surface area contributed by atoms with E-state index >= 15 is 0 Å². The van der Waals surface area contributed by atoms with Crippen LogP contribution in [0.1, 0.15) is 5.69 Å². The number of carbonyl (C=O) groups excluding carboxylic acids is 1. The summed E-state index contributed by atoms with van der Waals surface area (Å²) in [6.45, 7) is 1.90. The normalized spacial score (nSPS) is 9.50. The largest absolute Gasteiger partial charge is 0.395 e. The van der Waals surface area contributed by atoms with Crippen LogP contribution in [0.25, 0.3) is 11.3 Å². The molecule has 0 aliphatic heterocycles. The molecular formula is C12H15ClN4O. The van der Waals surface area contributed by atoms with Gasteiger partial charge >= 0.3 is 0 Å². The number of benzene rings is 1. The van der Waals surface area contributed by atoms with E-state index in [2.05, 4.69) is 10.8 Å². The molecule has 0 saturated heterocycles. The van der Waals surface area contributed by atoms with Crippen LogP contribution in [0.3, 0.4) is 0 Å². The molecule has 2 aromatic rings. The van der Waals surface area contributed by atoms with E-state index in [0.29, 0.717) is 0 Å². The summed E-state index contributed by atoms with van der Waals surface area (Å²) in [5.41, 5.74) is 13.7. The lowest BCUT2D eigenvalue weighted by molar-refractivity contribution is -0.106. The van der Waals surface area contributed by atoms with Crippen molar-refractivity contribution in [2.45, 2.75) is 6.92 Å². The molecule has 1 aromatic carbocycles.